The lowest BCUT2D eigenvalue weighted by Crippen LogP contribution is -2.59. The molecule has 3 aliphatic rings. The topological polar surface area (TPSA) is 113 Å². The number of aromatic amines is 1. The van der Waals surface area contributed by atoms with Crippen molar-refractivity contribution in [3.8, 4) is 6.07 Å². The molecule has 180 valence electrons. The van der Waals surface area contributed by atoms with Crippen molar-refractivity contribution >= 4 is 11.5 Å². The molecular weight excluding hydrogens is 428 g/mol. The third-order valence-electron chi connectivity index (χ3n) is 7.34. The van der Waals surface area contributed by atoms with Crippen molar-refractivity contribution in [1.29, 1.82) is 5.26 Å². The van der Waals surface area contributed by atoms with E-state index in [0.717, 1.165) is 48.0 Å². The number of aryl methyl sites for hydroxylation is 2. The summed E-state index contributed by atoms with van der Waals surface area (Å²) in [5.74, 6) is 1.63. The number of nitriles is 1. The first kappa shape index (κ1) is 22.6. The monoisotopic (exact) mass is 462 g/mol. The Balaban J connectivity index is 1.36. The molecule has 2 aromatic heterocycles. The first-order valence-corrected chi connectivity index (χ1v) is 12.2. The molecule has 2 aromatic rings. The zero-order valence-electron chi connectivity index (χ0n) is 20.2. The number of H-pyrrole nitrogens is 1. The molecule has 5 heterocycles. The molecule has 0 spiro atoms. The summed E-state index contributed by atoms with van der Waals surface area (Å²) in [7, 11) is 4.10. The number of nitrogens with zero attached hydrogens (tertiary/aromatic N) is 7. The van der Waals surface area contributed by atoms with Crippen molar-refractivity contribution in [2.75, 3.05) is 18.9 Å². The van der Waals surface area contributed by atoms with Gasteiger partial charge in [-0.2, -0.15) is 15.5 Å². The maximum atomic E-state index is 9.09. The van der Waals surface area contributed by atoms with E-state index in [1.807, 2.05) is 38.5 Å². The van der Waals surface area contributed by atoms with E-state index < -0.39 is 0 Å². The highest BCUT2D eigenvalue weighted by molar-refractivity contribution is 6.09. The number of nitrogens with one attached hydrogen (secondary N) is 3. The largest absolute Gasteiger partial charge is 0.338 e. The molecule has 0 saturated carbocycles. The summed E-state index contributed by atoms with van der Waals surface area (Å²) >= 11 is 0. The van der Waals surface area contributed by atoms with Gasteiger partial charge in [0.25, 0.3) is 0 Å². The lowest BCUT2D eigenvalue weighted by Gasteiger charge is -2.51. The second-order valence-corrected chi connectivity index (χ2v) is 9.73. The minimum Gasteiger partial charge on any atom is -0.338 e. The van der Waals surface area contributed by atoms with Gasteiger partial charge in [-0.3, -0.25) is 19.6 Å². The molecule has 34 heavy (non-hydrogen) atoms. The van der Waals surface area contributed by atoms with Gasteiger partial charge >= 0.3 is 0 Å². The average Bonchev–Trinajstić information content (AvgIpc) is 3.44. The van der Waals surface area contributed by atoms with Gasteiger partial charge in [0, 0.05) is 67.7 Å². The van der Waals surface area contributed by atoms with Crippen LogP contribution in [0.5, 0.6) is 0 Å². The van der Waals surface area contributed by atoms with Gasteiger partial charge in [0.2, 0.25) is 0 Å². The molecule has 1 unspecified atom stereocenters. The maximum Gasteiger partial charge on any atom is 0.178 e. The van der Waals surface area contributed by atoms with Crippen LogP contribution in [0.1, 0.15) is 49.8 Å². The van der Waals surface area contributed by atoms with Gasteiger partial charge in [-0.1, -0.05) is 6.42 Å². The van der Waals surface area contributed by atoms with E-state index in [0.29, 0.717) is 24.5 Å². The maximum absolute atomic E-state index is 9.09. The Labute approximate surface area is 200 Å². The summed E-state index contributed by atoms with van der Waals surface area (Å²) in [6.07, 6.45) is 12.2. The van der Waals surface area contributed by atoms with Crippen molar-refractivity contribution in [3.63, 3.8) is 0 Å². The Morgan fingerprint density at radius 3 is 2.74 bits per heavy atom. The predicted octanol–water partition coefficient (Wildman–Crippen LogP) is 2.31. The van der Waals surface area contributed by atoms with Crippen molar-refractivity contribution in [3.05, 3.63) is 41.6 Å². The molecular formula is C24H34N10. The van der Waals surface area contributed by atoms with Crippen molar-refractivity contribution in [1.82, 2.24) is 35.1 Å². The van der Waals surface area contributed by atoms with E-state index in [-0.39, 0.29) is 6.29 Å². The second-order valence-electron chi connectivity index (χ2n) is 9.73. The molecule has 2 saturated heterocycles. The van der Waals surface area contributed by atoms with Crippen LogP contribution in [0.2, 0.25) is 0 Å². The van der Waals surface area contributed by atoms with E-state index in [4.69, 9.17) is 10.3 Å². The third-order valence-corrected chi connectivity index (χ3v) is 7.34. The van der Waals surface area contributed by atoms with Gasteiger partial charge in [0.1, 0.15) is 5.82 Å². The van der Waals surface area contributed by atoms with E-state index in [2.05, 4.69) is 48.8 Å². The zero-order valence-corrected chi connectivity index (χ0v) is 20.2. The molecule has 10 nitrogen and oxygen atoms in total. The number of hydrogen-bond donors (Lipinski definition) is 3. The van der Waals surface area contributed by atoms with Crippen LogP contribution in [0.15, 0.2) is 35.3 Å². The fraction of sp³-hybridized carbons (Fsp3) is 0.583. The van der Waals surface area contributed by atoms with E-state index in [1.165, 1.54) is 19.3 Å². The molecule has 0 aromatic carbocycles. The second kappa shape index (κ2) is 9.60. The van der Waals surface area contributed by atoms with Crippen LogP contribution < -0.4 is 10.6 Å². The Hall–Kier alpha value is -3.16. The fourth-order valence-corrected chi connectivity index (χ4v) is 5.64. The van der Waals surface area contributed by atoms with Gasteiger partial charge in [-0.15, -0.1) is 0 Å². The molecule has 0 amide bonds. The Kier molecular flexibility index (Phi) is 6.39. The lowest BCUT2D eigenvalue weighted by molar-refractivity contribution is -0.0128. The lowest BCUT2D eigenvalue weighted by atomic mass is 9.81. The molecule has 0 aliphatic carbocycles. The van der Waals surface area contributed by atoms with Crippen LogP contribution in [-0.2, 0) is 7.05 Å². The summed E-state index contributed by atoms with van der Waals surface area (Å²) in [6.45, 7) is 2.88. The standard InChI is InChI=1S/C24H34N10/c1-16-10-23(31-30-16)28-22-13-21(17-14-26-32(2)15-17)27-24(29-22)33(3)20-11-18-6-4-7-19(12-20)34(18)9-5-8-25/h10,13-15,18-20,24,29H,4-7,9,11-12H2,1-3H3,(H2,28,30,31)/t18-,19+,20-,24?. The van der Waals surface area contributed by atoms with E-state index >= 15 is 0 Å². The Morgan fingerprint density at radius 1 is 1.29 bits per heavy atom. The van der Waals surface area contributed by atoms with Gasteiger partial charge in [-0.05, 0) is 39.7 Å². The Bertz CT molecular complexity index is 1090. The van der Waals surface area contributed by atoms with E-state index in [1.54, 1.807) is 4.68 Å². The number of hydrogen-bond acceptors (Lipinski definition) is 8. The number of rotatable bonds is 7. The van der Waals surface area contributed by atoms with Crippen molar-refractivity contribution < 1.29 is 0 Å². The van der Waals surface area contributed by atoms with Crippen LogP contribution in [0.4, 0.5) is 5.82 Å². The summed E-state index contributed by atoms with van der Waals surface area (Å²) in [6, 6.07) is 5.85. The van der Waals surface area contributed by atoms with Gasteiger partial charge in [0.05, 0.1) is 18.0 Å². The number of allylic oxidation sites excluding steroid dienone is 1. The van der Waals surface area contributed by atoms with Crippen LogP contribution in [0, 0.1) is 18.3 Å². The molecule has 3 aliphatic heterocycles. The zero-order chi connectivity index (χ0) is 23.7. The van der Waals surface area contributed by atoms with E-state index in [9.17, 15) is 0 Å². The molecule has 10 heteroatoms. The first-order chi connectivity index (χ1) is 16.5. The molecule has 5 rings (SSSR count). The summed E-state index contributed by atoms with van der Waals surface area (Å²) in [5, 5.41) is 27.7. The molecule has 2 fully saturated rings. The quantitative estimate of drug-likeness (QED) is 0.579. The summed E-state index contributed by atoms with van der Waals surface area (Å²) in [5.41, 5.74) is 2.89. The minimum atomic E-state index is -0.195. The highest BCUT2D eigenvalue weighted by Crippen LogP contribution is 2.36. The molecule has 2 bridgehead atoms. The average molecular weight is 463 g/mol. The van der Waals surface area contributed by atoms with Crippen LogP contribution in [0.25, 0.3) is 0 Å². The molecule has 3 N–H and O–H groups in total. The number of aromatic nitrogens is 4. The van der Waals surface area contributed by atoms with Crippen LogP contribution in [0.3, 0.4) is 0 Å². The molecule has 4 atom stereocenters. The first-order valence-electron chi connectivity index (χ1n) is 12.2. The number of piperidine rings is 2. The Morgan fingerprint density at radius 2 is 2.09 bits per heavy atom. The van der Waals surface area contributed by atoms with Crippen LogP contribution in [-0.4, -0.2) is 73.5 Å². The van der Waals surface area contributed by atoms with Gasteiger partial charge < -0.3 is 10.6 Å². The fourth-order valence-electron chi connectivity index (χ4n) is 5.64. The van der Waals surface area contributed by atoms with Gasteiger partial charge in [0.15, 0.2) is 12.1 Å². The minimum absolute atomic E-state index is 0.195. The van der Waals surface area contributed by atoms with Crippen molar-refractivity contribution in [2.45, 2.75) is 69.9 Å². The smallest absolute Gasteiger partial charge is 0.178 e. The summed E-state index contributed by atoms with van der Waals surface area (Å²) in [4.78, 5) is 10.1. The number of fused-ring (bicyclic) bond motifs is 2. The SMILES string of the molecule is Cc1cc(NC2=CC(c3cnn(C)c3)=NC(N(C)[C@@H]3C[C@H]4CCC[C@@H](C3)N4CCC#N)N2)n[nH]1. The van der Waals surface area contributed by atoms with Gasteiger partial charge in [-0.25, -0.2) is 4.99 Å². The molecule has 0 radical (unpaired) electrons. The van der Waals surface area contributed by atoms with Crippen molar-refractivity contribution in [2.24, 2.45) is 12.0 Å². The highest BCUT2D eigenvalue weighted by Gasteiger charge is 2.40. The predicted molar refractivity (Wildman–Crippen MR) is 131 cm³/mol. The number of aliphatic imine (C=N–C) groups is 1. The third kappa shape index (κ3) is 4.72. The normalized spacial score (nSPS) is 27.0. The summed E-state index contributed by atoms with van der Waals surface area (Å²) < 4.78 is 1.80. The highest BCUT2D eigenvalue weighted by atomic mass is 15.4. The van der Waals surface area contributed by atoms with Crippen LogP contribution >= 0.6 is 0 Å². The number of anilines is 1.